The Morgan fingerprint density at radius 3 is 2.24 bits per heavy atom. The highest BCUT2D eigenvalue weighted by molar-refractivity contribution is 6.30. The topological polar surface area (TPSA) is 12.0 Å². The maximum absolute atomic E-state index is 14.0. The number of nitrogens with one attached hydrogen (secondary N) is 1. The fourth-order valence-electron chi connectivity index (χ4n) is 2.09. The minimum absolute atomic E-state index is 0.0267. The van der Waals surface area contributed by atoms with Crippen molar-refractivity contribution in [2.75, 3.05) is 6.54 Å². The van der Waals surface area contributed by atoms with E-state index in [0.717, 1.165) is 18.2 Å². The van der Waals surface area contributed by atoms with E-state index in [1.54, 1.807) is 6.92 Å². The van der Waals surface area contributed by atoms with Crippen LogP contribution in [0, 0.1) is 23.3 Å². The molecule has 0 bridgehead atoms. The highest BCUT2D eigenvalue weighted by Crippen LogP contribution is 2.30. The molecule has 0 amide bonds. The summed E-state index contributed by atoms with van der Waals surface area (Å²) >= 11 is 5.51. The summed E-state index contributed by atoms with van der Waals surface area (Å²) in [4.78, 5) is 0. The van der Waals surface area contributed by atoms with E-state index in [4.69, 9.17) is 11.6 Å². The molecule has 1 N–H and O–H groups in total. The van der Waals surface area contributed by atoms with E-state index < -0.39 is 29.3 Å². The first-order valence-corrected chi connectivity index (χ1v) is 6.64. The third kappa shape index (κ3) is 3.36. The quantitative estimate of drug-likeness (QED) is 0.642. The van der Waals surface area contributed by atoms with E-state index in [1.165, 1.54) is 6.07 Å². The molecular weight excluding hydrogens is 306 g/mol. The van der Waals surface area contributed by atoms with Gasteiger partial charge in [-0.05, 0) is 24.7 Å². The van der Waals surface area contributed by atoms with Crippen LogP contribution >= 0.6 is 11.6 Å². The summed E-state index contributed by atoms with van der Waals surface area (Å²) in [7, 11) is 0. The second kappa shape index (κ2) is 6.45. The molecule has 1 unspecified atom stereocenters. The lowest BCUT2D eigenvalue weighted by Gasteiger charge is -2.20. The van der Waals surface area contributed by atoms with Crippen LogP contribution in [0.3, 0.4) is 0 Å². The Hall–Kier alpha value is -1.59. The molecule has 112 valence electrons. The lowest BCUT2D eigenvalue weighted by molar-refractivity contribution is 0.516. The number of halogens is 5. The molecule has 1 atom stereocenters. The van der Waals surface area contributed by atoms with E-state index in [-0.39, 0.29) is 16.1 Å². The summed E-state index contributed by atoms with van der Waals surface area (Å²) in [5.41, 5.74) is -0.0665. The number of hydrogen-bond acceptors (Lipinski definition) is 1. The van der Waals surface area contributed by atoms with Crippen molar-refractivity contribution in [2.24, 2.45) is 0 Å². The fourth-order valence-corrected chi connectivity index (χ4v) is 2.24. The van der Waals surface area contributed by atoms with Gasteiger partial charge >= 0.3 is 0 Å². The van der Waals surface area contributed by atoms with Crippen LogP contribution < -0.4 is 5.32 Å². The highest BCUT2D eigenvalue weighted by Gasteiger charge is 2.22. The monoisotopic (exact) mass is 317 g/mol. The Kier molecular flexibility index (Phi) is 4.85. The number of rotatable bonds is 4. The van der Waals surface area contributed by atoms with E-state index in [2.05, 4.69) is 5.32 Å². The molecule has 0 aliphatic rings. The van der Waals surface area contributed by atoms with Crippen LogP contribution in [-0.2, 0) is 0 Å². The van der Waals surface area contributed by atoms with Gasteiger partial charge in [0.25, 0.3) is 0 Å². The Balaban J connectivity index is 2.55. The zero-order valence-electron chi connectivity index (χ0n) is 11.1. The average molecular weight is 318 g/mol. The summed E-state index contributed by atoms with van der Waals surface area (Å²) in [6.45, 7) is 2.11. The van der Waals surface area contributed by atoms with Crippen molar-refractivity contribution in [1.82, 2.24) is 5.32 Å². The predicted molar refractivity (Wildman–Crippen MR) is 73.2 cm³/mol. The van der Waals surface area contributed by atoms with Crippen LogP contribution in [0.5, 0.6) is 0 Å². The molecule has 1 nitrogen and oxygen atoms in total. The van der Waals surface area contributed by atoms with E-state index in [9.17, 15) is 17.6 Å². The molecule has 0 fully saturated rings. The normalized spacial score (nSPS) is 12.5. The van der Waals surface area contributed by atoms with Gasteiger partial charge in [0.1, 0.15) is 23.3 Å². The molecule has 6 heteroatoms. The van der Waals surface area contributed by atoms with Gasteiger partial charge in [0.15, 0.2) is 0 Å². The van der Waals surface area contributed by atoms with Crippen molar-refractivity contribution in [3.63, 3.8) is 0 Å². The lowest BCUT2D eigenvalue weighted by Crippen LogP contribution is -2.24. The predicted octanol–water partition coefficient (Wildman–Crippen LogP) is 4.60. The van der Waals surface area contributed by atoms with Crippen LogP contribution in [0.1, 0.15) is 24.1 Å². The molecule has 0 heterocycles. The highest BCUT2D eigenvalue weighted by atomic mass is 35.5. The van der Waals surface area contributed by atoms with Gasteiger partial charge < -0.3 is 5.32 Å². The van der Waals surface area contributed by atoms with Gasteiger partial charge in [-0.1, -0.05) is 24.6 Å². The Morgan fingerprint density at radius 1 is 0.952 bits per heavy atom. The van der Waals surface area contributed by atoms with Crippen LogP contribution in [0.25, 0.3) is 0 Å². The third-order valence-corrected chi connectivity index (χ3v) is 3.32. The van der Waals surface area contributed by atoms with Crippen molar-refractivity contribution in [3.05, 3.63) is 69.8 Å². The van der Waals surface area contributed by atoms with Crippen molar-refractivity contribution < 1.29 is 17.6 Å². The largest absolute Gasteiger partial charge is 0.306 e. The van der Waals surface area contributed by atoms with Crippen LogP contribution in [0.4, 0.5) is 17.6 Å². The Labute approximate surface area is 124 Å². The molecule has 21 heavy (non-hydrogen) atoms. The molecule has 2 aromatic carbocycles. The average Bonchev–Trinajstić information content (AvgIpc) is 2.41. The zero-order valence-corrected chi connectivity index (χ0v) is 11.8. The maximum atomic E-state index is 14.0. The minimum Gasteiger partial charge on any atom is -0.306 e. The standard InChI is InChI=1S/C15H12ClF4N/c1-2-21-15(9-4-3-8(17)5-12(9)18)10-6-14(20)11(16)7-13(10)19/h3-7,15,21H,2H2,1H3. The van der Waals surface area contributed by atoms with E-state index in [1.807, 2.05) is 0 Å². The summed E-state index contributed by atoms with van der Waals surface area (Å²) in [5, 5.41) is 2.50. The van der Waals surface area contributed by atoms with Crippen LogP contribution in [-0.4, -0.2) is 6.54 Å². The molecule has 0 aromatic heterocycles. The first-order valence-electron chi connectivity index (χ1n) is 6.26. The van der Waals surface area contributed by atoms with Gasteiger partial charge in [0.05, 0.1) is 11.1 Å². The molecule has 0 aliphatic heterocycles. The van der Waals surface area contributed by atoms with Gasteiger partial charge in [0.2, 0.25) is 0 Å². The van der Waals surface area contributed by atoms with Crippen molar-refractivity contribution in [1.29, 1.82) is 0 Å². The second-order valence-electron chi connectivity index (χ2n) is 4.44. The molecule has 0 radical (unpaired) electrons. The SMILES string of the molecule is CCNC(c1ccc(F)cc1F)c1cc(F)c(Cl)cc1F. The number of benzene rings is 2. The zero-order chi connectivity index (χ0) is 15.6. The first kappa shape index (κ1) is 15.8. The van der Waals surface area contributed by atoms with Crippen molar-refractivity contribution in [2.45, 2.75) is 13.0 Å². The van der Waals surface area contributed by atoms with Gasteiger partial charge in [-0.25, -0.2) is 17.6 Å². The van der Waals surface area contributed by atoms with Gasteiger partial charge in [-0.2, -0.15) is 0 Å². The third-order valence-electron chi connectivity index (χ3n) is 3.03. The second-order valence-corrected chi connectivity index (χ2v) is 4.85. The van der Waals surface area contributed by atoms with Crippen LogP contribution in [0.15, 0.2) is 30.3 Å². The minimum atomic E-state index is -0.942. The Morgan fingerprint density at radius 2 is 1.62 bits per heavy atom. The van der Waals surface area contributed by atoms with E-state index in [0.29, 0.717) is 12.6 Å². The smallest absolute Gasteiger partial charge is 0.142 e. The number of hydrogen-bond donors (Lipinski definition) is 1. The van der Waals surface area contributed by atoms with Gasteiger partial charge in [-0.15, -0.1) is 0 Å². The lowest BCUT2D eigenvalue weighted by atomic mass is 9.97. The maximum Gasteiger partial charge on any atom is 0.142 e. The molecule has 0 aliphatic carbocycles. The van der Waals surface area contributed by atoms with Crippen LogP contribution in [0.2, 0.25) is 5.02 Å². The summed E-state index contributed by atoms with van der Waals surface area (Å²) in [6, 6.07) is 3.76. The van der Waals surface area contributed by atoms with Gasteiger partial charge in [-0.3, -0.25) is 0 Å². The summed E-state index contributed by atoms with van der Waals surface area (Å²) in [6.07, 6.45) is 0. The first-order chi connectivity index (χ1) is 9.93. The van der Waals surface area contributed by atoms with E-state index >= 15 is 0 Å². The summed E-state index contributed by atoms with van der Waals surface area (Å²) in [5.74, 6) is -3.15. The summed E-state index contributed by atoms with van der Waals surface area (Å²) < 4.78 is 54.5. The molecule has 0 saturated heterocycles. The van der Waals surface area contributed by atoms with Crippen molar-refractivity contribution in [3.8, 4) is 0 Å². The molecule has 0 saturated carbocycles. The van der Waals surface area contributed by atoms with Crippen molar-refractivity contribution >= 4 is 11.6 Å². The Bertz CT molecular complexity index is 660. The molecule has 0 spiro atoms. The van der Waals surface area contributed by atoms with Gasteiger partial charge in [0, 0.05) is 17.2 Å². The molecular formula is C15H12ClF4N. The molecule has 2 aromatic rings. The fraction of sp³-hybridized carbons (Fsp3) is 0.200. The molecule has 2 rings (SSSR count).